The molecule has 2 heterocycles. The molecule has 2 aromatic rings. The fraction of sp³-hybridized carbons (Fsp3) is 0.312. The van der Waals surface area contributed by atoms with Gasteiger partial charge in [-0.3, -0.25) is 14.9 Å². The third-order valence-corrected chi connectivity index (χ3v) is 5.08. The van der Waals surface area contributed by atoms with Gasteiger partial charge in [-0.05, 0) is 12.1 Å². The molecular weight excluding hydrogens is 362 g/mol. The molecule has 3 rings (SSSR count). The SMILES string of the molecule is COC1CC(C(=O)O)N(C(=O)c2csc(-c3ccc([N+](=O)[O-])cc3)n2)C1. The Morgan fingerprint density at radius 2 is 2.08 bits per heavy atom. The number of methoxy groups -OCH3 is 1. The summed E-state index contributed by atoms with van der Waals surface area (Å²) >= 11 is 1.21. The number of nitro groups is 1. The van der Waals surface area contributed by atoms with Crippen molar-refractivity contribution in [3.8, 4) is 10.6 Å². The number of carboxylic acid groups (broad SMARTS) is 1. The minimum Gasteiger partial charge on any atom is -0.480 e. The highest BCUT2D eigenvalue weighted by atomic mass is 32.1. The molecule has 9 nitrogen and oxygen atoms in total. The number of aliphatic carboxylic acids is 1. The summed E-state index contributed by atoms with van der Waals surface area (Å²) in [6, 6.07) is 4.89. The van der Waals surface area contributed by atoms with Crippen LogP contribution in [-0.4, -0.2) is 57.6 Å². The molecular formula is C16H15N3O6S. The van der Waals surface area contributed by atoms with Gasteiger partial charge in [-0.25, -0.2) is 9.78 Å². The van der Waals surface area contributed by atoms with Crippen LogP contribution in [-0.2, 0) is 9.53 Å². The van der Waals surface area contributed by atoms with Crippen molar-refractivity contribution >= 4 is 28.9 Å². The standard InChI is InChI=1S/C16H15N3O6S/c1-25-11-6-13(16(21)22)18(7-11)15(20)12-8-26-14(17-12)9-2-4-10(5-3-9)19(23)24/h2-5,8,11,13H,6-7H2,1H3,(H,21,22). The predicted molar refractivity (Wildman–Crippen MR) is 92.1 cm³/mol. The molecule has 2 atom stereocenters. The topological polar surface area (TPSA) is 123 Å². The highest BCUT2D eigenvalue weighted by molar-refractivity contribution is 7.13. The average Bonchev–Trinajstić information content (AvgIpc) is 3.28. The Hall–Kier alpha value is -2.85. The number of carbonyl (C=O) groups excluding carboxylic acids is 1. The second kappa shape index (κ2) is 7.18. The maximum Gasteiger partial charge on any atom is 0.326 e. The molecule has 1 saturated heterocycles. The number of amides is 1. The van der Waals surface area contributed by atoms with E-state index in [4.69, 9.17) is 4.74 Å². The highest BCUT2D eigenvalue weighted by Gasteiger charge is 2.40. The fourth-order valence-corrected chi connectivity index (χ4v) is 3.60. The van der Waals surface area contributed by atoms with Crippen LogP contribution in [0.5, 0.6) is 0 Å². The molecule has 0 radical (unpaired) electrons. The summed E-state index contributed by atoms with van der Waals surface area (Å²) in [6.07, 6.45) is -0.0930. The van der Waals surface area contributed by atoms with E-state index in [0.717, 1.165) is 0 Å². The number of hydrogen-bond donors (Lipinski definition) is 1. The number of carboxylic acids is 1. The zero-order chi connectivity index (χ0) is 18.8. The third kappa shape index (κ3) is 3.41. The van der Waals surface area contributed by atoms with Gasteiger partial charge in [0.2, 0.25) is 0 Å². The van der Waals surface area contributed by atoms with Gasteiger partial charge in [0.25, 0.3) is 11.6 Å². The van der Waals surface area contributed by atoms with Crippen molar-refractivity contribution in [1.29, 1.82) is 0 Å². The zero-order valence-electron chi connectivity index (χ0n) is 13.7. The molecule has 0 saturated carbocycles. The average molecular weight is 377 g/mol. The maximum absolute atomic E-state index is 12.7. The zero-order valence-corrected chi connectivity index (χ0v) is 14.5. The van der Waals surface area contributed by atoms with Gasteiger partial charge < -0.3 is 14.7 Å². The van der Waals surface area contributed by atoms with Crippen molar-refractivity contribution in [1.82, 2.24) is 9.88 Å². The van der Waals surface area contributed by atoms with Crippen molar-refractivity contribution in [3.63, 3.8) is 0 Å². The Kier molecular flexibility index (Phi) is 4.96. The van der Waals surface area contributed by atoms with Crippen LogP contribution >= 0.6 is 11.3 Å². The lowest BCUT2D eigenvalue weighted by Gasteiger charge is -2.19. The number of aromatic nitrogens is 1. The summed E-state index contributed by atoms with van der Waals surface area (Å²) in [5.74, 6) is -1.55. The van der Waals surface area contributed by atoms with Crippen LogP contribution in [0.15, 0.2) is 29.6 Å². The molecule has 10 heteroatoms. The van der Waals surface area contributed by atoms with Gasteiger partial charge in [0, 0.05) is 43.2 Å². The van der Waals surface area contributed by atoms with E-state index >= 15 is 0 Å². The second-order valence-corrected chi connectivity index (χ2v) is 6.60. The van der Waals surface area contributed by atoms with E-state index in [0.29, 0.717) is 10.6 Å². The van der Waals surface area contributed by atoms with Crippen LogP contribution in [0.2, 0.25) is 0 Å². The summed E-state index contributed by atoms with van der Waals surface area (Å²) in [7, 11) is 1.48. The second-order valence-electron chi connectivity index (χ2n) is 5.75. The van der Waals surface area contributed by atoms with E-state index < -0.39 is 22.8 Å². The maximum atomic E-state index is 12.7. The normalized spacial score (nSPS) is 19.5. The van der Waals surface area contributed by atoms with Gasteiger partial charge in [0.1, 0.15) is 16.7 Å². The Morgan fingerprint density at radius 1 is 1.38 bits per heavy atom. The number of benzene rings is 1. The van der Waals surface area contributed by atoms with E-state index in [2.05, 4.69) is 4.98 Å². The van der Waals surface area contributed by atoms with Crippen LogP contribution < -0.4 is 0 Å². The molecule has 1 aromatic heterocycles. The lowest BCUT2D eigenvalue weighted by Crippen LogP contribution is -2.40. The molecule has 1 aliphatic rings. The van der Waals surface area contributed by atoms with Crippen molar-refractivity contribution < 1.29 is 24.4 Å². The Bertz CT molecular complexity index is 850. The van der Waals surface area contributed by atoms with Crippen molar-refractivity contribution in [3.05, 3.63) is 45.5 Å². The number of non-ortho nitro benzene ring substituents is 1. The molecule has 0 bridgehead atoms. The lowest BCUT2D eigenvalue weighted by molar-refractivity contribution is -0.384. The molecule has 0 aliphatic carbocycles. The molecule has 1 N–H and O–H groups in total. The first kappa shape index (κ1) is 18.0. The van der Waals surface area contributed by atoms with Gasteiger partial charge in [-0.15, -0.1) is 11.3 Å². The van der Waals surface area contributed by atoms with E-state index in [1.54, 1.807) is 17.5 Å². The van der Waals surface area contributed by atoms with Crippen LogP contribution in [0, 0.1) is 10.1 Å². The number of hydrogen-bond acceptors (Lipinski definition) is 7. The first-order valence-corrected chi connectivity index (χ1v) is 8.55. The summed E-state index contributed by atoms with van der Waals surface area (Å²) in [6.45, 7) is 0.191. The Labute approximate surface area is 152 Å². The molecule has 1 aliphatic heterocycles. The van der Waals surface area contributed by atoms with E-state index in [-0.39, 0.29) is 30.5 Å². The van der Waals surface area contributed by atoms with Crippen LogP contribution in [0.25, 0.3) is 10.6 Å². The van der Waals surface area contributed by atoms with Crippen LogP contribution in [0.4, 0.5) is 5.69 Å². The van der Waals surface area contributed by atoms with Gasteiger partial charge in [0.15, 0.2) is 0 Å². The molecule has 26 heavy (non-hydrogen) atoms. The smallest absolute Gasteiger partial charge is 0.326 e. The summed E-state index contributed by atoms with van der Waals surface area (Å²) in [5.41, 5.74) is 0.755. The molecule has 1 aromatic carbocycles. The largest absolute Gasteiger partial charge is 0.480 e. The van der Waals surface area contributed by atoms with E-state index in [9.17, 15) is 24.8 Å². The summed E-state index contributed by atoms with van der Waals surface area (Å²) in [4.78, 5) is 39.8. The fourth-order valence-electron chi connectivity index (χ4n) is 2.80. The minimum absolute atomic E-state index is 0.0337. The molecule has 136 valence electrons. The number of nitro benzene ring substituents is 1. The highest BCUT2D eigenvalue weighted by Crippen LogP contribution is 2.28. The van der Waals surface area contributed by atoms with Crippen LogP contribution in [0.1, 0.15) is 16.9 Å². The number of ether oxygens (including phenoxy) is 1. The van der Waals surface area contributed by atoms with E-state index in [1.165, 1.54) is 35.5 Å². The van der Waals surface area contributed by atoms with Gasteiger partial charge in [0.05, 0.1) is 11.0 Å². The lowest BCUT2D eigenvalue weighted by atomic mass is 10.2. The third-order valence-electron chi connectivity index (χ3n) is 4.19. The van der Waals surface area contributed by atoms with Gasteiger partial charge in [-0.1, -0.05) is 0 Å². The molecule has 1 fully saturated rings. The monoisotopic (exact) mass is 377 g/mol. The number of nitrogens with zero attached hydrogens (tertiary/aromatic N) is 3. The molecule has 0 spiro atoms. The first-order valence-electron chi connectivity index (χ1n) is 7.67. The quantitative estimate of drug-likeness (QED) is 0.624. The number of likely N-dealkylation sites (tertiary alicyclic amines) is 1. The van der Waals surface area contributed by atoms with Crippen molar-refractivity contribution in [2.75, 3.05) is 13.7 Å². The minimum atomic E-state index is -1.08. The number of carbonyl (C=O) groups is 2. The number of rotatable bonds is 5. The van der Waals surface area contributed by atoms with E-state index in [1.807, 2.05) is 0 Å². The Morgan fingerprint density at radius 3 is 2.65 bits per heavy atom. The van der Waals surface area contributed by atoms with Gasteiger partial charge in [-0.2, -0.15) is 0 Å². The van der Waals surface area contributed by atoms with Crippen molar-refractivity contribution in [2.24, 2.45) is 0 Å². The summed E-state index contributed by atoms with van der Waals surface area (Å²) in [5, 5.41) is 22.1. The summed E-state index contributed by atoms with van der Waals surface area (Å²) < 4.78 is 5.18. The molecule has 1 amide bonds. The first-order chi connectivity index (χ1) is 12.4. The van der Waals surface area contributed by atoms with Crippen molar-refractivity contribution in [2.45, 2.75) is 18.6 Å². The van der Waals surface area contributed by atoms with Gasteiger partial charge >= 0.3 is 5.97 Å². The van der Waals surface area contributed by atoms with Crippen LogP contribution in [0.3, 0.4) is 0 Å². The molecule has 2 unspecified atom stereocenters. The predicted octanol–water partition coefficient (Wildman–Crippen LogP) is 2.03. The number of thiazole rings is 1. The Balaban J connectivity index is 1.81.